The van der Waals surface area contributed by atoms with Crippen LogP contribution in [0.3, 0.4) is 0 Å². The maximum absolute atomic E-state index is 12.6. The van der Waals surface area contributed by atoms with Gasteiger partial charge in [0.2, 0.25) is 5.13 Å². The summed E-state index contributed by atoms with van der Waals surface area (Å²) in [6, 6.07) is 15.2. The number of benzene rings is 2. The highest BCUT2D eigenvalue weighted by Gasteiger charge is 2.22. The van der Waals surface area contributed by atoms with Crippen molar-refractivity contribution in [2.24, 2.45) is 0 Å². The first-order valence-corrected chi connectivity index (χ1v) is 10.2. The summed E-state index contributed by atoms with van der Waals surface area (Å²) in [7, 11) is -3.97. The van der Waals surface area contributed by atoms with Crippen LogP contribution < -0.4 is 14.8 Å². The van der Waals surface area contributed by atoms with Crippen molar-refractivity contribution >= 4 is 38.1 Å². The van der Waals surface area contributed by atoms with E-state index < -0.39 is 15.9 Å². The highest BCUT2D eigenvalue weighted by atomic mass is 32.2. The zero-order valence-corrected chi connectivity index (χ0v) is 15.9. The van der Waals surface area contributed by atoms with E-state index in [1.807, 2.05) is 0 Å². The van der Waals surface area contributed by atoms with Crippen LogP contribution >= 0.6 is 11.3 Å². The van der Waals surface area contributed by atoms with Gasteiger partial charge in [0.15, 0.2) is 0 Å². The Hall–Kier alpha value is -2.98. The van der Waals surface area contributed by atoms with Gasteiger partial charge in [-0.05, 0) is 31.2 Å². The smallest absolute Gasteiger partial charge is 0.291 e. The third-order valence-corrected chi connectivity index (χ3v) is 5.90. The third-order valence-electron chi connectivity index (χ3n) is 3.32. The number of anilines is 2. The third kappa shape index (κ3) is 4.60. The van der Waals surface area contributed by atoms with E-state index in [0.717, 1.165) is 11.3 Å². The van der Waals surface area contributed by atoms with Gasteiger partial charge in [0, 0.05) is 5.56 Å². The molecule has 0 aliphatic rings. The number of nitrogens with one attached hydrogen (secondary N) is 2. The SMILES string of the molecule is CCOc1ccccc1NS(=O)(=O)c1nnc(NC(=O)c2ccccc2)s1. The fraction of sp³-hybridized carbons (Fsp3) is 0.118. The summed E-state index contributed by atoms with van der Waals surface area (Å²) in [5.41, 5.74) is 0.727. The maximum Gasteiger partial charge on any atom is 0.291 e. The molecule has 0 bridgehead atoms. The van der Waals surface area contributed by atoms with Gasteiger partial charge in [-0.3, -0.25) is 14.8 Å². The summed E-state index contributed by atoms with van der Waals surface area (Å²) in [6.45, 7) is 2.20. The van der Waals surface area contributed by atoms with E-state index in [4.69, 9.17) is 4.74 Å². The molecule has 0 spiro atoms. The number of rotatable bonds is 7. The number of carbonyl (C=O) groups is 1. The van der Waals surface area contributed by atoms with E-state index in [0.29, 0.717) is 23.6 Å². The van der Waals surface area contributed by atoms with Crippen molar-refractivity contribution in [3.63, 3.8) is 0 Å². The quantitative estimate of drug-likeness (QED) is 0.586. The lowest BCUT2D eigenvalue weighted by Gasteiger charge is -2.10. The van der Waals surface area contributed by atoms with E-state index in [2.05, 4.69) is 20.2 Å². The molecule has 0 atom stereocenters. The molecule has 10 heteroatoms. The first kappa shape index (κ1) is 18.8. The molecule has 0 aliphatic heterocycles. The summed E-state index contributed by atoms with van der Waals surface area (Å²) >= 11 is 0.756. The van der Waals surface area contributed by atoms with Crippen molar-refractivity contribution in [2.45, 2.75) is 11.3 Å². The van der Waals surface area contributed by atoms with Gasteiger partial charge in [0.05, 0.1) is 12.3 Å². The Bertz CT molecular complexity index is 1040. The van der Waals surface area contributed by atoms with Crippen LogP contribution in [0.4, 0.5) is 10.8 Å². The number of carbonyl (C=O) groups excluding carboxylic acids is 1. The lowest BCUT2D eigenvalue weighted by Crippen LogP contribution is -2.13. The normalized spacial score (nSPS) is 11.0. The van der Waals surface area contributed by atoms with Gasteiger partial charge in [0.25, 0.3) is 20.3 Å². The topological polar surface area (TPSA) is 110 Å². The average Bonchev–Trinajstić information content (AvgIpc) is 3.13. The van der Waals surface area contributed by atoms with Crippen molar-refractivity contribution in [1.82, 2.24) is 10.2 Å². The Balaban J connectivity index is 1.76. The Labute approximate surface area is 160 Å². The zero-order chi connectivity index (χ0) is 19.3. The molecule has 0 saturated carbocycles. The largest absolute Gasteiger partial charge is 0.492 e. The summed E-state index contributed by atoms with van der Waals surface area (Å²) in [5.74, 6) is 0.0102. The van der Waals surface area contributed by atoms with Crippen LogP contribution in [0.25, 0.3) is 0 Å². The second-order valence-corrected chi connectivity index (χ2v) is 8.06. The molecule has 0 unspecified atom stereocenters. The van der Waals surface area contributed by atoms with E-state index in [1.54, 1.807) is 61.5 Å². The molecular formula is C17H16N4O4S2. The minimum atomic E-state index is -3.97. The molecule has 0 fully saturated rings. The number of nitrogens with zero attached hydrogens (tertiary/aromatic N) is 2. The molecule has 1 heterocycles. The molecule has 1 aromatic heterocycles. The van der Waals surface area contributed by atoms with E-state index in [-0.39, 0.29) is 9.47 Å². The lowest BCUT2D eigenvalue weighted by molar-refractivity contribution is 0.102. The van der Waals surface area contributed by atoms with Crippen molar-refractivity contribution in [3.05, 3.63) is 60.2 Å². The lowest BCUT2D eigenvalue weighted by atomic mass is 10.2. The van der Waals surface area contributed by atoms with Crippen LogP contribution in [0, 0.1) is 0 Å². The Morgan fingerprint density at radius 3 is 2.52 bits per heavy atom. The van der Waals surface area contributed by atoms with Crippen LogP contribution in [-0.2, 0) is 10.0 Å². The van der Waals surface area contributed by atoms with Gasteiger partial charge in [-0.25, -0.2) is 0 Å². The van der Waals surface area contributed by atoms with Gasteiger partial charge in [-0.15, -0.1) is 10.2 Å². The number of hydrogen-bond acceptors (Lipinski definition) is 7. The van der Waals surface area contributed by atoms with Crippen LogP contribution in [0.1, 0.15) is 17.3 Å². The summed E-state index contributed by atoms with van der Waals surface area (Å²) < 4.78 is 32.7. The highest BCUT2D eigenvalue weighted by molar-refractivity contribution is 7.94. The minimum absolute atomic E-state index is 0.0855. The predicted octanol–water partition coefficient (Wildman–Crippen LogP) is 2.99. The molecular weight excluding hydrogens is 388 g/mol. The second-order valence-electron chi connectivity index (χ2n) is 5.23. The number of aromatic nitrogens is 2. The molecule has 0 aliphatic carbocycles. The zero-order valence-electron chi connectivity index (χ0n) is 14.2. The first-order valence-electron chi connectivity index (χ1n) is 7.94. The monoisotopic (exact) mass is 404 g/mol. The minimum Gasteiger partial charge on any atom is -0.492 e. The Morgan fingerprint density at radius 1 is 1.07 bits per heavy atom. The highest BCUT2D eigenvalue weighted by Crippen LogP contribution is 2.28. The van der Waals surface area contributed by atoms with Gasteiger partial charge >= 0.3 is 0 Å². The summed E-state index contributed by atoms with van der Waals surface area (Å²) in [6.07, 6.45) is 0. The average molecular weight is 404 g/mol. The van der Waals surface area contributed by atoms with Crippen molar-refractivity contribution in [1.29, 1.82) is 0 Å². The van der Waals surface area contributed by atoms with E-state index in [9.17, 15) is 13.2 Å². The number of ether oxygens (including phenoxy) is 1. The Morgan fingerprint density at radius 2 is 1.78 bits per heavy atom. The number of hydrogen-bond donors (Lipinski definition) is 2. The molecule has 1 amide bonds. The second kappa shape index (κ2) is 8.14. The molecule has 3 aromatic rings. The van der Waals surface area contributed by atoms with Gasteiger partial charge in [0.1, 0.15) is 5.75 Å². The van der Waals surface area contributed by atoms with Crippen molar-refractivity contribution in [2.75, 3.05) is 16.6 Å². The van der Waals surface area contributed by atoms with Crippen molar-refractivity contribution in [3.8, 4) is 5.75 Å². The van der Waals surface area contributed by atoms with Crippen LogP contribution in [0.2, 0.25) is 0 Å². The number of para-hydroxylation sites is 2. The van der Waals surface area contributed by atoms with Crippen LogP contribution in [-0.4, -0.2) is 31.1 Å². The summed E-state index contributed by atoms with van der Waals surface area (Å²) in [4.78, 5) is 12.1. The fourth-order valence-electron chi connectivity index (χ4n) is 2.15. The molecule has 8 nitrogen and oxygen atoms in total. The Kier molecular flexibility index (Phi) is 5.67. The first-order chi connectivity index (χ1) is 13.0. The number of sulfonamides is 1. The molecule has 140 valence electrons. The van der Waals surface area contributed by atoms with Crippen LogP contribution in [0.15, 0.2) is 58.9 Å². The standard InChI is InChI=1S/C17H16N4O4S2/c1-2-25-14-11-7-6-10-13(14)21-27(23,24)17-20-19-16(26-17)18-15(22)12-8-4-3-5-9-12/h3-11,21H,2H2,1H3,(H,18,19,22). The number of amides is 1. The molecule has 2 N–H and O–H groups in total. The molecule has 0 radical (unpaired) electrons. The van der Waals surface area contributed by atoms with Crippen molar-refractivity contribution < 1.29 is 17.9 Å². The predicted molar refractivity (Wildman–Crippen MR) is 103 cm³/mol. The fourth-order valence-corrected chi connectivity index (χ4v) is 4.12. The molecule has 3 rings (SSSR count). The summed E-state index contributed by atoms with van der Waals surface area (Å²) in [5, 5.41) is 10.0. The van der Waals surface area contributed by atoms with E-state index in [1.165, 1.54) is 0 Å². The molecule has 0 saturated heterocycles. The van der Waals surface area contributed by atoms with Crippen LogP contribution in [0.5, 0.6) is 5.75 Å². The van der Waals surface area contributed by atoms with Gasteiger partial charge < -0.3 is 4.74 Å². The van der Waals surface area contributed by atoms with Gasteiger partial charge in [-0.1, -0.05) is 41.7 Å². The molecule has 27 heavy (non-hydrogen) atoms. The van der Waals surface area contributed by atoms with Gasteiger partial charge in [-0.2, -0.15) is 8.42 Å². The van der Waals surface area contributed by atoms with E-state index >= 15 is 0 Å². The maximum atomic E-state index is 12.6. The molecule has 2 aromatic carbocycles.